The van der Waals surface area contributed by atoms with Gasteiger partial charge < -0.3 is 11.1 Å². The van der Waals surface area contributed by atoms with Crippen molar-refractivity contribution in [2.45, 2.75) is 25.3 Å². The van der Waals surface area contributed by atoms with Gasteiger partial charge >= 0.3 is 0 Å². The summed E-state index contributed by atoms with van der Waals surface area (Å²) < 4.78 is 24.6. The van der Waals surface area contributed by atoms with Gasteiger partial charge in [0.2, 0.25) is 21.8 Å². The second kappa shape index (κ2) is 7.76. The number of nitrogens with one attached hydrogen (secondary N) is 1. The fourth-order valence-electron chi connectivity index (χ4n) is 2.82. The highest BCUT2D eigenvalue weighted by atomic mass is 32.2. The van der Waals surface area contributed by atoms with E-state index in [-0.39, 0.29) is 12.5 Å². The summed E-state index contributed by atoms with van der Waals surface area (Å²) in [6.07, 6.45) is 2.65. The monoisotopic (exact) mass is 353 g/mol. The molecule has 0 unspecified atom stereocenters. The van der Waals surface area contributed by atoms with E-state index in [0.29, 0.717) is 25.8 Å². The first-order valence-electron chi connectivity index (χ1n) is 7.86. The van der Waals surface area contributed by atoms with Crippen molar-refractivity contribution >= 4 is 21.8 Å². The lowest BCUT2D eigenvalue weighted by Gasteiger charge is -2.31. The molecule has 0 bridgehead atoms. The molecule has 2 atom stereocenters. The first kappa shape index (κ1) is 18.4. The minimum absolute atomic E-state index is 0.140. The Kier molecular flexibility index (Phi) is 5.95. The summed E-state index contributed by atoms with van der Waals surface area (Å²) in [4.78, 5) is 24.1. The van der Waals surface area contributed by atoms with Crippen LogP contribution < -0.4 is 11.1 Å². The molecule has 0 aliphatic carbocycles. The Bertz CT molecular complexity index is 691. The predicted molar refractivity (Wildman–Crippen MR) is 90.4 cm³/mol. The third-order valence-corrected chi connectivity index (χ3v) is 5.44. The summed E-state index contributed by atoms with van der Waals surface area (Å²) in [5.74, 6) is -1.41. The number of primary amides is 1. The van der Waals surface area contributed by atoms with Gasteiger partial charge in [-0.25, -0.2) is 12.7 Å². The number of rotatable bonds is 6. The zero-order valence-electron chi connectivity index (χ0n) is 13.6. The van der Waals surface area contributed by atoms with E-state index in [1.165, 1.54) is 4.31 Å². The molecule has 2 rings (SSSR count). The number of amides is 2. The zero-order valence-corrected chi connectivity index (χ0v) is 14.5. The Morgan fingerprint density at radius 2 is 2.00 bits per heavy atom. The van der Waals surface area contributed by atoms with Crippen molar-refractivity contribution in [2.75, 3.05) is 19.3 Å². The molecule has 2 amide bonds. The molecule has 0 aromatic heterocycles. The maximum Gasteiger partial charge on any atom is 0.240 e. The van der Waals surface area contributed by atoms with Gasteiger partial charge in [0.05, 0.1) is 12.2 Å². The van der Waals surface area contributed by atoms with Crippen LogP contribution in [-0.2, 0) is 26.0 Å². The third kappa shape index (κ3) is 5.04. The van der Waals surface area contributed by atoms with Crippen molar-refractivity contribution in [3.8, 4) is 0 Å². The predicted octanol–water partition coefficient (Wildman–Crippen LogP) is -0.129. The molecule has 24 heavy (non-hydrogen) atoms. The van der Waals surface area contributed by atoms with Gasteiger partial charge in [0.1, 0.15) is 6.04 Å². The number of sulfonamides is 1. The van der Waals surface area contributed by atoms with Gasteiger partial charge in [-0.1, -0.05) is 30.3 Å². The Hall–Kier alpha value is -1.93. The lowest BCUT2D eigenvalue weighted by atomic mass is 9.97. The Labute approximate surface area is 142 Å². The van der Waals surface area contributed by atoms with E-state index in [1.807, 2.05) is 30.3 Å². The van der Waals surface area contributed by atoms with Crippen molar-refractivity contribution in [3.63, 3.8) is 0 Å². The number of piperidine rings is 1. The molecule has 132 valence electrons. The number of nitrogens with zero attached hydrogens (tertiary/aromatic N) is 1. The highest BCUT2D eigenvalue weighted by Crippen LogP contribution is 2.19. The van der Waals surface area contributed by atoms with E-state index in [0.717, 1.165) is 11.8 Å². The second-order valence-corrected chi connectivity index (χ2v) is 8.10. The summed E-state index contributed by atoms with van der Waals surface area (Å²) in [5, 5.41) is 2.67. The molecule has 0 spiro atoms. The molecule has 1 aliphatic rings. The standard InChI is InChI=1S/C16H23N3O4S/c1-24(22,23)19-9-5-8-13(11-19)16(21)18-14(15(17)20)10-12-6-3-2-4-7-12/h2-4,6-7,13-14H,5,8-11H2,1H3,(H2,17,20)(H,18,21)/t13-,14-/m0/s1. The molecule has 0 saturated carbocycles. The minimum Gasteiger partial charge on any atom is -0.368 e. The van der Waals surface area contributed by atoms with Crippen LogP contribution >= 0.6 is 0 Å². The van der Waals surface area contributed by atoms with E-state index in [1.54, 1.807) is 0 Å². The molecule has 1 heterocycles. The van der Waals surface area contributed by atoms with Gasteiger partial charge in [-0.05, 0) is 18.4 Å². The van der Waals surface area contributed by atoms with Gasteiger partial charge in [0, 0.05) is 19.5 Å². The summed E-state index contributed by atoms with van der Waals surface area (Å²) in [6.45, 7) is 0.563. The van der Waals surface area contributed by atoms with E-state index >= 15 is 0 Å². The van der Waals surface area contributed by atoms with Gasteiger partial charge in [-0.15, -0.1) is 0 Å². The van der Waals surface area contributed by atoms with Crippen LogP contribution in [0.2, 0.25) is 0 Å². The first-order valence-corrected chi connectivity index (χ1v) is 9.71. The van der Waals surface area contributed by atoms with E-state index in [2.05, 4.69) is 5.32 Å². The molecule has 3 N–H and O–H groups in total. The first-order chi connectivity index (χ1) is 11.3. The average Bonchev–Trinajstić information content (AvgIpc) is 2.54. The second-order valence-electron chi connectivity index (χ2n) is 6.11. The SMILES string of the molecule is CS(=O)(=O)N1CCC[C@H](C(=O)N[C@@H](Cc2ccccc2)C(N)=O)C1. The van der Waals surface area contributed by atoms with Crippen LogP contribution in [0.1, 0.15) is 18.4 Å². The van der Waals surface area contributed by atoms with Crippen molar-refractivity contribution in [1.82, 2.24) is 9.62 Å². The van der Waals surface area contributed by atoms with Crippen molar-refractivity contribution in [3.05, 3.63) is 35.9 Å². The summed E-state index contributed by atoms with van der Waals surface area (Å²) in [6, 6.07) is 8.46. The van der Waals surface area contributed by atoms with Gasteiger partial charge in [-0.3, -0.25) is 9.59 Å². The van der Waals surface area contributed by atoms with Gasteiger partial charge in [0.15, 0.2) is 0 Å². The molecule has 1 saturated heterocycles. The maximum atomic E-state index is 12.4. The molecule has 0 radical (unpaired) electrons. The van der Waals surface area contributed by atoms with Crippen LogP contribution in [0, 0.1) is 5.92 Å². The number of carbonyl (C=O) groups is 2. The number of nitrogens with two attached hydrogens (primary N) is 1. The van der Waals surface area contributed by atoms with E-state index < -0.39 is 27.9 Å². The van der Waals surface area contributed by atoms with Crippen LogP contribution in [0.4, 0.5) is 0 Å². The normalized spacial score (nSPS) is 20.3. The third-order valence-electron chi connectivity index (χ3n) is 4.17. The van der Waals surface area contributed by atoms with Crippen LogP contribution in [0.5, 0.6) is 0 Å². The number of hydrogen-bond acceptors (Lipinski definition) is 4. The number of hydrogen-bond donors (Lipinski definition) is 2. The van der Waals surface area contributed by atoms with Crippen LogP contribution in [0.25, 0.3) is 0 Å². The molecule has 1 fully saturated rings. The topological polar surface area (TPSA) is 110 Å². The summed E-state index contributed by atoms with van der Waals surface area (Å²) in [5.41, 5.74) is 6.29. The molecule has 1 aliphatic heterocycles. The smallest absolute Gasteiger partial charge is 0.240 e. The minimum atomic E-state index is -3.32. The lowest BCUT2D eigenvalue weighted by Crippen LogP contribution is -2.51. The highest BCUT2D eigenvalue weighted by molar-refractivity contribution is 7.88. The number of benzene rings is 1. The largest absolute Gasteiger partial charge is 0.368 e. The van der Waals surface area contributed by atoms with Crippen LogP contribution in [-0.4, -0.2) is 49.9 Å². The van der Waals surface area contributed by atoms with Crippen molar-refractivity contribution in [1.29, 1.82) is 0 Å². The maximum absolute atomic E-state index is 12.4. The van der Waals surface area contributed by atoms with E-state index in [4.69, 9.17) is 5.73 Å². The molecule has 7 nitrogen and oxygen atoms in total. The van der Waals surface area contributed by atoms with Crippen molar-refractivity contribution in [2.24, 2.45) is 11.7 Å². The van der Waals surface area contributed by atoms with Crippen LogP contribution in [0.3, 0.4) is 0 Å². The van der Waals surface area contributed by atoms with Crippen molar-refractivity contribution < 1.29 is 18.0 Å². The Morgan fingerprint density at radius 1 is 1.33 bits per heavy atom. The van der Waals surface area contributed by atoms with Gasteiger partial charge in [-0.2, -0.15) is 0 Å². The fraction of sp³-hybridized carbons (Fsp3) is 0.500. The average molecular weight is 353 g/mol. The highest BCUT2D eigenvalue weighted by Gasteiger charge is 2.31. The molecule has 1 aromatic rings. The molecule has 8 heteroatoms. The number of carbonyl (C=O) groups excluding carboxylic acids is 2. The van der Waals surface area contributed by atoms with E-state index in [9.17, 15) is 18.0 Å². The fourth-order valence-corrected chi connectivity index (χ4v) is 3.73. The van der Waals surface area contributed by atoms with Gasteiger partial charge in [0.25, 0.3) is 0 Å². The summed E-state index contributed by atoms with van der Waals surface area (Å²) in [7, 11) is -3.32. The Balaban J connectivity index is 2.01. The molecule has 1 aromatic carbocycles. The quantitative estimate of drug-likeness (QED) is 0.742. The zero-order chi connectivity index (χ0) is 17.7. The Morgan fingerprint density at radius 3 is 2.58 bits per heavy atom. The summed E-state index contributed by atoms with van der Waals surface area (Å²) >= 11 is 0. The molecular weight excluding hydrogens is 330 g/mol. The molecular formula is C16H23N3O4S. The van der Waals surface area contributed by atoms with Crippen LogP contribution in [0.15, 0.2) is 30.3 Å². The lowest BCUT2D eigenvalue weighted by molar-refractivity contribution is -0.130.